The van der Waals surface area contributed by atoms with Crippen LogP contribution in [0.3, 0.4) is 0 Å². The van der Waals surface area contributed by atoms with E-state index in [-0.39, 0.29) is 10.6 Å². The van der Waals surface area contributed by atoms with Crippen molar-refractivity contribution in [3.63, 3.8) is 0 Å². The summed E-state index contributed by atoms with van der Waals surface area (Å²) in [6.07, 6.45) is 0. The van der Waals surface area contributed by atoms with Crippen LogP contribution in [-0.4, -0.2) is 15.0 Å². The zero-order valence-corrected chi connectivity index (χ0v) is 13.8. The molecule has 5 rings (SSSR count). The fourth-order valence-corrected chi connectivity index (χ4v) is 3.75. The van der Waals surface area contributed by atoms with E-state index in [1.165, 1.54) is 33.0 Å². The van der Waals surface area contributed by atoms with Crippen molar-refractivity contribution in [1.82, 2.24) is 15.0 Å². The molecule has 0 N–H and O–H groups in total. The number of fused-ring (bicyclic) bond motifs is 3. The molecular formula is C19H9Cl2N3. The Kier molecular flexibility index (Phi) is 2.90. The Balaban J connectivity index is 1.78. The van der Waals surface area contributed by atoms with Crippen LogP contribution in [0.1, 0.15) is 0 Å². The van der Waals surface area contributed by atoms with Gasteiger partial charge in [-0.2, -0.15) is 15.0 Å². The normalized spacial score (nSPS) is 11.8. The molecule has 3 nitrogen and oxygen atoms in total. The third-order valence-electron chi connectivity index (χ3n) is 4.34. The summed E-state index contributed by atoms with van der Waals surface area (Å²) in [5, 5.41) is 2.72. The van der Waals surface area contributed by atoms with Crippen molar-refractivity contribution < 1.29 is 0 Å². The van der Waals surface area contributed by atoms with Gasteiger partial charge in [0.05, 0.1) is 0 Å². The van der Waals surface area contributed by atoms with E-state index in [2.05, 4.69) is 63.5 Å². The Hall–Kier alpha value is -2.49. The molecule has 1 aliphatic carbocycles. The van der Waals surface area contributed by atoms with Crippen LogP contribution in [0, 0.1) is 0 Å². The third-order valence-corrected chi connectivity index (χ3v) is 4.68. The lowest BCUT2D eigenvalue weighted by Crippen LogP contribution is -1.94. The summed E-state index contributed by atoms with van der Waals surface area (Å²) in [4.78, 5) is 12.2. The van der Waals surface area contributed by atoms with E-state index in [9.17, 15) is 0 Å². The lowest BCUT2D eigenvalue weighted by atomic mass is 10.0. The number of hydrogen-bond acceptors (Lipinski definition) is 3. The van der Waals surface area contributed by atoms with Crippen molar-refractivity contribution in [2.24, 2.45) is 0 Å². The number of hydrogen-bond donors (Lipinski definition) is 0. The maximum absolute atomic E-state index is 5.91. The fourth-order valence-electron chi connectivity index (χ4n) is 3.39. The van der Waals surface area contributed by atoms with Crippen molar-refractivity contribution in [1.29, 1.82) is 0 Å². The molecule has 5 heteroatoms. The van der Waals surface area contributed by atoms with E-state index in [4.69, 9.17) is 23.2 Å². The van der Waals surface area contributed by atoms with Crippen LogP contribution in [-0.2, 0) is 0 Å². The van der Waals surface area contributed by atoms with Gasteiger partial charge in [-0.05, 0) is 62.3 Å². The molecule has 0 amide bonds. The van der Waals surface area contributed by atoms with Gasteiger partial charge in [0.2, 0.25) is 10.6 Å². The molecule has 0 unspecified atom stereocenters. The van der Waals surface area contributed by atoms with Crippen LogP contribution in [0.5, 0.6) is 0 Å². The van der Waals surface area contributed by atoms with E-state index in [0.29, 0.717) is 5.82 Å². The zero-order valence-electron chi connectivity index (χ0n) is 12.3. The summed E-state index contributed by atoms with van der Waals surface area (Å²) in [6, 6.07) is 18.9. The van der Waals surface area contributed by atoms with Gasteiger partial charge in [0.15, 0.2) is 5.82 Å². The van der Waals surface area contributed by atoms with Gasteiger partial charge in [-0.15, -0.1) is 0 Å². The smallest absolute Gasteiger partial charge is 0.198 e. The van der Waals surface area contributed by atoms with E-state index < -0.39 is 0 Å². The fraction of sp³-hybridized carbons (Fsp3) is 0. The highest BCUT2D eigenvalue weighted by Gasteiger charge is 2.21. The maximum atomic E-state index is 5.91. The summed E-state index contributed by atoms with van der Waals surface area (Å²) in [6.45, 7) is 0. The molecule has 0 aliphatic heterocycles. The minimum Gasteiger partial charge on any atom is -0.198 e. The van der Waals surface area contributed by atoms with Gasteiger partial charge in [-0.1, -0.05) is 48.5 Å². The van der Waals surface area contributed by atoms with Gasteiger partial charge in [0, 0.05) is 5.56 Å². The van der Waals surface area contributed by atoms with E-state index in [1.807, 2.05) is 6.07 Å². The molecule has 4 aromatic rings. The Morgan fingerprint density at radius 1 is 0.625 bits per heavy atom. The first kappa shape index (κ1) is 13.9. The Morgan fingerprint density at radius 3 is 2.00 bits per heavy atom. The first-order valence-electron chi connectivity index (χ1n) is 7.45. The summed E-state index contributed by atoms with van der Waals surface area (Å²) < 4.78 is 0. The van der Waals surface area contributed by atoms with Crippen molar-refractivity contribution >= 4 is 34.0 Å². The molecular weight excluding hydrogens is 341 g/mol. The Bertz CT molecular complexity index is 1110. The number of halogens is 2. The molecule has 1 heterocycles. The first-order valence-corrected chi connectivity index (χ1v) is 8.20. The Morgan fingerprint density at radius 2 is 1.29 bits per heavy atom. The molecule has 1 aromatic heterocycles. The van der Waals surface area contributed by atoms with Gasteiger partial charge >= 0.3 is 0 Å². The summed E-state index contributed by atoms with van der Waals surface area (Å²) in [7, 11) is 0. The molecule has 1 aliphatic rings. The number of aromatic nitrogens is 3. The van der Waals surface area contributed by atoms with Crippen molar-refractivity contribution in [2.75, 3.05) is 0 Å². The molecule has 0 radical (unpaired) electrons. The van der Waals surface area contributed by atoms with Crippen LogP contribution < -0.4 is 0 Å². The molecule has 0 spiro atoms. The summed E-state index contributed by atoms with van der Waals surface area (Å²) in [5.74, 6) is 0.478. The summed E-state index contributed by atoms with van der Waals surface area (Å²) in [5.41, 5.74) is 5.75. The molecule has 3 aromatic carbocycles. The largest absolute Gasteiger partial charge is 0.227 e. The number of benzene rings is 3. The van der Waals surface area contributed by atoms with E-state index >= 15 is 0 Å². The van der Waals surface area contributed by atoms with E-state index in [1.54, 1.807) is 0 Å². The Labute approximate surface area is 147 Å². The van der Waals surface area contributed by atoms with Crippen LogP contribution in [0.4, 0.5) is 0 Å². The highest BCUT2D eigenvalue weighted by atomic mass is 35.5. The van der Waals surface area contributed by atoms with Crippen LogP contribution in [0.25, 0.3) is 44.4 Å². The molecule has 114 valence electrons. The van der Waals surface area contributed by atoms with E-state index in [0.717, 1.165) is 5.56 Å². The lowest BCUT2D eigenvalue weighted by molar-refractivity contribution is 1.06. The molecule has 0 atom stereocenters. The van der Waals surface area contributed by atoms with Crippen molar-refractivity contribution in [3.8, 4) is 33.6 Å². The van der Waals surface area contributed by atoms with Gasteiger partial charge in [-0.25, -0.2) is 0 Å². The van der Waals surface area contributed by atoms with Crippen LogP contribution >= 0.6 is 23.2 Å². The predicted molar refractivity (Wildman–Crippen MR) is 97.2 cm³/mol. The van der Waals surface area contributed by atoms with Gasteiger partial charge in [0.1, 0.15) is 0 Å². The van der Waals surface area contributed by atoms with Gasteiger partial charge in [0.25, 0.3) is 0 Å². The van der Waals surface area contributed by atoms with Gasteiger partial charge < -0.3 is 0 Å². The topological polar surface area (TPSA) is 38.7 Å². The van der Waals surface area contributed by atoms with Crippen LogP contribution in [0.15, 0.2) is 54.6 Å². The molecule has 24 heavy (non-hydrogen) atoms. The molecule has 0 saturated heterocycles. The predicted octanol–water partition coefficient (Wildman–Crippen LogP) is 5.65. The molecule has 0 bridgehead atoms. The standard InChI is InChI=1S/C19H9Cl2N3/c20-18-22-17(23-19(21)24-18)11-7-8-12-13-5-1-3-10-4-2-6-14(16(10)13)15(12)9-11/h1-9H. The second-order valence-corrected chi connectivity index (χ2v) is 6.34. The van der Waals surface area contributed by atoms with Gasteiger partial charge in [-0.3, -0.25) is 0 Å². The average molecular weight is 350 g/mol. The second kappa shape index (κ2) is 5.00. The quantitative estimate of drug-likeness (QED) is 0.392. The third kappa shape index (κ3) is 1.95. The monoisotopic (exact) mass is 349 g/mol. The minimum atomic E-state index is 0.0934. The van der Waals surface area contributed by atoms with Crippen molar-refractivity contribution in [3.05, 3.63) is 65.2 Å². The minimum absolute atomic E-state index is 0.0934. The SMILES string of the molecule is Clc1nc(Cl)nc(-c2ccc3c(c2)-c2cccc4cccc-3c24)n1. The molecule has 0 saturated carbocycles. The first-order chi connectivity index (χ1) is 11.7. The highest BCUT2D eigenvalue weighted by Crippen LogP contribution is 2.47. The maximum Gasteiger partial charge on any atom is 0.227 e. The van der Waals surface area contributed by atoms with Crippen molar-refractivity contribution in [2.45, 2.75) is 0 Å². The second-order valence-electron chi connectivity index (χ2n) is 5.67. The van der Waals surface area contributed by atoms with Crippen LogP contribution in [0.2, 0.25) is 10.6 Å². The lowest BCUT2D eigenvalue weighted by Gasteiger charge is -2.06. The highest BCUT2D eigenvalue weighted by molar-refractivity contribution is 6.31. The number of rotatable bonds is 1. The molecule has 0 fully saturated rings. The zero-order chi connectivity index (χ0) is 16.3. The average Bonchev–Trinajstić information content (AvgIpc) is 2.90. The summed E-state index contributed by atoms with van der Waals surface area (Å²) >= 11 is 11.8. The number of nitrogens with zero attached hydrogens (tertiary/aromatic N) is 3.